The molecule has 2 aliphatic rings. The van der Waals surface area contributed by atoms with E-state index >= 15 is 0 Å². The normalized spacial score (nSPS) is 14.1. The van der Waals surface area contributed by atoms with E-state index < -0.39 is 5.41 Å². The van der Waals surface area contributed by atoms with Crippen LogP contribution in [-0.4, -0.2) is 4.57 Å². The highest BCUT2D eigenvalue weighted by molar-refractivity contribution is 6.11. The van der Waals surface area contributed by atoms with Crippen LogP contribution in [0.1, 0.15) is 22.3 Å². The van der Waals surface area contributed by atoms with Crippen LogP contribution in [0.4, 0.5) is 34.1 Å². The van der Waals surface area contributed by atoms with Gasteiger partial charge in [0.1, 0.15) is 0 Å². The molecule has 1 heterocycles. The van der Waals surface area contributed by atoms with Crippen LogP contribution in [-0.2, 0) is 5.41 Å². The molecule has 1 atom stereocenters. The predicted octanol–water partition coefficient (Wildman–Crippen LogP) is 17.7. The maximum absolute atomic E-state index is 2.57. The van der Waals surface area contributed by atoms with Crippen molar-refractivity contribution in [2.75, 3.05) is 9.80 Å². The van der Waals surface area contributed by atoms with Gasteiger partial charge in [0.2, 0.25) is 0 Å². The van der Waals surface area contributed by atoms with E-state index in [1.54, 1.807) is 0 Å². The summed E-state index contributed by atoms with van der Waals surface area (Å²) in [5.41, 5.74) is 21.8. The second-order valence-electron chi connectivity index (χ2n) is 18.4. The summed E-state index contributed by atoms with van der Waals surface area (Å²) in [7, 11) is 0. The Hall–Kier alpha value is -9.18. The van der Waals surface area contributed by atoms with Crippen molar-refractivity contribution < 1.29 is 0 Å². The molecule has 0 radical (unpaired) electrons. The molecular formula is C67H45N3. The predicted molar refractivity (Wildman–Crippen MR) is 292 cm³/mol. The Labute approximate surface area is 408 Å². The third kappa shape index (κ3) is 5.82. The van der Waals surface area contributed by atoms with Crippen molar-refractivity contribution in [3.8, 4) is 39.1 Å². The standard InChI is InChI=1S/C67H45N3/c1-5-23-46(24-6-1)51-31-15-19-39-60(51)70(50-43-44-55-54-34-16-20-40-61(54)69(64(55)45-50)49-29-11-4-12-30-49)63-42-22-36-57-53-33-14-18-38-59(53)67(66(57)63)58-37-17-13-32-52(58)56-35-21-41-62(65(56)67)68(47-25-7-2-8-26-47)48-27-9-3-10-28-48/h1-45H. The Bertz CT molecular complexity index is 3900. The summed E-state index contributed by atoms with van der Waals surface area (Å²) in [5, 5.41) is 2.44. The average molecular weight is 892 g/mol. The van der Waals surface area contributed by atoms with Crippen molar-refractivity contribution in [2.24, 2.45) is 0 Å². The first kappa shape index (κ1) is 39.9. The number of hydrogen-bond donors (Lipinski definition) is 0. The molecule has 0 amide bonds. The van der Waals surface area contributed by atoms with Crippen molar-refractivity contribution in [3.63, 3.8) is 0 Å². The van der Waals surface area contributed by atoms with Crippen LogP contribution in [0, 0.1) is 0 Å². The largest absolute Gasteiger partial charge is 0.310 e. The van der Waals surface area contributed by atoms with Crippen LogP contribution >= 0.6 is 0 Å². The topological polar surface area (TPSA) is 11.4 Å². The maximum atomic E-state index is 2.57. The Morgan fingerprint density at radius 2 is 0.743 bits per heavy atom. The number of nitrogens with zero attached hydrogens (tertiary/aromatic N) is 3. The zero-order valence-electron chi connectivity index (χ0n) is 38.3. The van der Waals surface area contributed by atoms with Gasteiger partial charge >= 0.3 is 0 Å². The molecule has 0 N–H and O–H groups in total. The van der Waals surface area contributed by atoms with E-state index in [1.165, 1.54) is 60.8 Å². The Morgan fingerprint density at radius 3 is 1.37 bits per heavy atom. The molecule has 11 aromatic carbocycles. The molecule has 0 saturated carbocycles. The quantitative estimate of drug-likeness (QED) is 0.151. The summed E-state index contributed by atoms with van der Waals surface area (Å²) in [6, 6.07) is 101. The van der Waals surface area contributed by atoms with E-state index in [2.05, 4.69) is 287 Å². The van der Waals surface area contributed by atoms with Crippen molar-refractivity contribution in [2.45, 2.75) is 5.41 Å². The highest BCUT2D eigenvalue weighted by Gasteiger charge is 2.55. The first-order valence-electron chi connectivity index (χ1n) is 24.2. The summed E-state index contributed by atoms with van der Waals surface area (Å²) in [6.45, 7) is 0. The molecule has 0 fully saturated rings. The van der Waals surface area contributed by atoms with Gasteiger partial charge in [-0.25, -0.2) is 0 Å². The molecule has 12 aromatic rings. The van der Waals surface area contributed by atoms with Gasteiger partial charge in [0, 0.05) is 50.2 Å². The van der Waals surface area contributed by atoms with Gasteiger partial charge in [-0.05, 0) is 112 Å². The van der Waals surface area contributed by atoms with Gasteiger partial charge in [0.15, 0.2) is 0 Å². The molecule has 1 aromatic heterocycles. The number of fused-ring (bicyclic) bond motifs is 13. The van der Waals surface area contributed by atoms with Gasteiger partial charge in [-0.3, -0.25) is 0 Å². The SMILES string of the molecule is c1ccc(-c2ccccc2N(c2ccc3c4ccccc4n(-c4ccccc4)c3c2)c2cccc3c2C2(c4ccccc4-c4cccc(N(c5ccccc5)c5ccccc5)c42)c2ccccc2-3)cc1. The fraction of sp³-hybridized carbons (Fsp3) is 0.0149. The molecular weight excluding hydrogens is 847 g/mol. The summed E-state index contributed by atoms with van der Waals surface area (Å²) in [6.07, 6.45) is 0. The minimum absolute atomic E-state index is 0.726. The van der Waals surface area contributed by atoms with Crippen molar-refractivity contribution in [1.29, 1.82) is 0 Å². The van der Waals surface area contributed by atoms with Crippen LogP contribution in [0.3, 0.4) is 0 Å². The summed E-state index contributed by atoms with van der Waals surface area (Å²) in [5.74, 6) is 0. The van der Waals surface area contributed by atoms with E-state index in [0.29, 0.717) is 0 Å². The highest BCUT2D eigenvalue weighted by Crippen LogP contribution is 2.67. The van der Waals surface area contributed by atoms with Gasteiger partial charge in [-0.1, -0.05) is 200 Å². The number of hydrogen-bond acceptors (Lipinski definition) is 2. The Morgan fingerprint density at radius 1 is 0.286 bits per heavy atom. The molecule has 1 unspecified atom stereocenters. The lowest BCUT2D eigenvalue weighted by Crippen LogP contribution is -2.30. The van der Waals surface area contributed by atoms with Crippen LogP contribution in [0.25, 0.3) is 60.9 Å². The van der Waals surface area contributed by atoms with Crippen molar-refractivity contribution >= 4 is 55.9 Å². The number of para-hydroxylation sites is 5. The molecule has 3 nitrogen and oxygen atoms in total. The molecule has 14 rings (SSSR count). The van der Waals surface area contributed by atoms with E-state index in [1.807, 2.05) is 0 Å². The van der Waals surface area contributed by atoms with Crippen molar-refractivity contribution in [3.05, 3.63) is 295 Å². The minimum Gasteiger partial charge on any atom is -0.310 e. The van der Waals surface area contributed by atoms with E-state index in [9.17, 15) is 0 Å². The van der Waals surface area contributed by atoms with Crippen LogP contribution < -0.4 is 9.80 Å². The molecule has 2 aliphatic carbocycles. The lowest BCUT2D eigenvalue weighted by atomic mass is 9.69. The third-order valence-electron chi connectivity index (χ3n) is 14.7. The first-order valence-corrected chi connectivity index (χ1v) is 24.2. The smallest absolute Gasteiger partial charge is 0.0766 e. The van der Waals surface area contributed by atoms with E-state index in [0.717, 1.165) is 56.5 Å². The number of anilines is 6. The second kappa shape index (κ2) is 16.0. The maximum Gasteiger partial charge on any atom is 0.0766 e. The summed E-state index contributed by atoms with van der Waals surface area (Å²) in [4.78, 5) is 5.03. The Kier molecular flexibility index (Phi) is 9.11. The van der Waals surface area contributed by atoms with Crippen molar-refractivity contribution in [1.82, 2.24) is 4.57 Å². The monoisotopic (exact) mass is 891 g/mol. The molecule has 0 aliphatic heterocycles. The number of benzene rings is 11. The second-order valence-corrected chi connectivity index (χ2v) is 18.4. The van der Waals surface area contributed by atoms with Gasteiger partial charge in [0.05, 0.1) is 33.5 Å². The summed E-state index contributed by atoms with van der Waals surface area (Å²) < 4.78 is 2.43. The molecule has 0 saturated heterocycles. The zero-order chi connectivity index (χ0) is 46.2. The lowest BCUT2D eigenvalue weighted by Gasteiger charge is -2.38. The van der Waals surface area contributed by atoms with E-state index in [-0.39, 0.29) is 0 Å². The van der Waals surface area contributed by atoms with Crippen LogP contribution in [0.5, 0.6) is 0 Å². The first-order chi connectivity index (χ1) is 34.8. The highest BCUT2D eigenvalue weighted by atomic mass is 15.2. The van der Waals surface area contributed by atoms with Crippen LogP contribution in [0.15, 0.2) is 273 Å². The van der Waals surface area contributed by atoms with Gasteiger partial charge in [-0.2, -0.15) is 0 Å². The number of aromatic nitrogens is 1. The summed E-state index contributed by atoms with van der Waals surface area (Å²) >= 11 is 0. The molecule has 1 spiro atoms. The molecule has 3 heteroatoms. The third-order valence-corrected chi connectivity index (χ3v) is 14.7. The van der Waals surface area contributed by atoms with E-state index in [4.69, 9.17) is 0 Å². The minimum atomic E-state index is -0.726. The average Bonchev–Trinajstić information content (AvgIpc) is 4.04. The Balaban J connectivity index is 1.12. The molecule has 0 bridgehead atoms. The van der Waals surface area contributed by atoms with Gasteiger partial charge in [-0.15, -0.1) is 0 Å². The molecule has 328 valence electrons. The van der Waals surface area contributed by atoms with Crippen LogP contribution in [0.2, 0.25) is 0 Å². The molecule has 70 heavy (non-hydrogen) atoms. The lowest BCUT2D eigenvalue weighted by molar-refractivity contribution is 0.792. The number of rotatable bonds is 8. The fourth-order valence-electron chi connectivity index (χ4n) is 12.1. The zero-order valence-corrected chi connectivity index (χ0v) is 38.3. The van der Waals surface area contributed by atoms with Gasteiger partial charge in [0.25, 0.3) is 0 Å². The fourth-order valence-corrected chi connectivity index (χ4v) is 12.1. The van der Waals surface area contributed by atoms with Gasteiger partial charge < -0.3 is 14.4 Å².